The van der Waals surface area contributed by atoms with Gasteiger partial charge in [-0.15, -0.1) is 11.3 Å². The zero-order valence-electron chi connectivity index (χ0n) is 13.5. The number of amides is 1. The average Bonchev–Trinajstić information content (AvgIpc) is 2.98. The third kappa shape index (κ3) is 4.01. The van der Waals surface area contributed by atoms with Gasteiger partial charge in [0.15, 0.2) is 11.5 Å². The number of hydrogen-bond acceptors (Lipinski definition) is 5. The quantitative estimate of drug-likeness (QED) is 0.877. The number of thiophene rings is 1. The molecule has 0 saturated heterocycles. The SMILES string of the molecule is C[C@@H](C(=O)Nc1ccc2c(c1)OCCO2)N(C)Cc1ccc(Cl)s1. The van der Waals surface area contributed by atoms with Crippen molar-refractivity contribution in [3.05, 3.63) is 39.5 Å². The zero-order chi connectivity index (χ0) is 17.1. The molecular formula is C17H19ClN2O3S. The third-order valence-electron chi connectivity index (χ3n) is 3.88. The molecule has 5 nitrogen and oxygen atoms in total. The number of carbonyl (C=O) groups is 1. The van der Waals surface area contributed by atoms with Crippen LogP contribution in [0.4, 0.5) is 5.69 Å². The van der Waals surface area contributed by atoms with Crippen molar-refractivity contribution in [2.75, 3.05) is 25.6 Å². The predicted octanol–water partition coefficient (Wildman–Crippen LogP) is 3.63. The van der Waals surface area contributed by atoms with Gasteiger partial charge in [-0.2, -0.15) is 0 Å². The normalized spacial score (nSPS) is 14.5. The maximum atomic E-state index is 12.5. The lowest BCUT2D eigenvalue weighted by Gasteiger charge is -2.24. The highest BCUT2D eigenvalue weighted by atomic mass is 35.5. The maximum Gasteiger partial charge on any atom is 0.241 e. The van der Waals surface area contributed by atoms with Crippen molar-refractivity contribution < 1.29 is 14.3 Å². The molecule has 24 heavy (non-hydrogen) atoms. The summed E-state index contributed by atoms with van der Waals surface area (Å²) in [5, 5.41) is 2.92. The molecule has 2 heterocycles. The molecule has 1 aliphatic heterocycles. The van der Waals surface area contributed by atoms with Gasteiger partial charge in [0, 0.05) is 23.2 Å². The molecule has 3 rings (SSSR count). The Balaban J connectivity index is 1.61. The standard InChI is InChI=1S/C17H19ClN2O3S/c1-11(20(2)10-13-4-6-16(18)24-13)17(21)19-12-3-5-14-15(9-12)23-8-7-22-14/h3-6,9,11H,7-8,10H2,1-2H3,(H,19,21)/t11-/m0/s1. The fraction of sp³-hybridized carbons (Fsp3) is 0.353. The lowest BCUT2D eigenvalue weighted by Crippen LogP contribution is -2.39. The maximum absolute atomic E-state index is 12.5. The van der Waals surface area contributed by atoms with E-state index in [1.807, 2.05) is 43.1 Å². The third-order valence-corrected chi connectivity index (χ3v) is 5.10. The summed E-state index contributed by atoms with van der Waals surface area (Å²) >= 11 is 7.48. The summed E-state index contributed by atoms with van der Waals surface area (Å²) in [4.78, 5) is 15.6. The van der Waals surface area contributed by atoms with Crippen molar-refractivity contribution in [3.63, 3.8) is 0 Å². The molecule has 0 spiro atoms. The first-order valence-electron chi connectivity index (χ1n) is 7.68. The highest BCUT2D eigenvalue weighted by molar-refractivity contribution is 7.16. The largest absolute Gasteiger partial charge is 0.486 e. The lowest BCUT2D eigenvalue weighted by molar-refractivity contribution is -0.120. The molecule has 1 aromatic carbocycles. The highest BCUT2D eigenvalue weighted by Crippen LogP contribution is 2.32. The van der Waals surface area contributed by atoms with Gasteiger partial charge in [-0.25, -0.2) is 0 Å². The predicted molar refractivity (Wildman–Crippen MR) is 96.3 cm³/mol. The Hall–Kier alpha value is -1.76. The van der Waals surface area contributed by atoms with Crippen LogP contribution in [-0.4, -0.2) is 37.1 Å². The van der Waals surface area contributed by atoms with Crippen molar-refractivity contribution in [2.24, 2.45) is 0 Å². The summed E-state index contributed by atoms with van der Waals surface area (Å²) in [6, 6.07) is 8.99. The number of likely N-dealkylation sites (N-methyl/N-ethyl adjacent to an activating group) is 1. The minimum absolute atomic E-state index is 0.0724. The van der Waals surface area contributed by atoms with E-state index in [0.29, 0.717) is 36.9 Å². The second-order valence-corrected chi connectivity index (χ2v) is 7.44. The number of carbonyl (C=O) groups excluding carboxylic acids is 1. The summed E-state index contributed by atoms with van der Waals surface area (Å²) in [5.74, 6) is 1.30. The summed E-state index contributed by atoms with van der Waals surface area (Å²) < 4.78 is 11.8. The first-order chi connectivity index (χ1) is 11.5. The molecule has 2 aromatic rings. The number of nitrogens with one attached hydrogen (secondary N) is 1. The Morgan fingerprint density at radius 3 is 2.75 bits per heavy atom. The van der Waals surface area contributed by atoms with Crippen LogP contribution in [0, 0.1) is 0 Å². The number of hydrogen-bond donors (Lipinski definition) is 1. The zero-order valence-corrected chi connectivity index (χ0v) is 15.1. The van der Waals surface area contributed by atoms with Gasteiger partial charge in [-0.1, -0.05) is 11.6 Å². The summed E-state index contributed by atoms with van der Waals surface area (Å²) in [7, 11) is 1.92. The average molecular weight is 367 g/mol. The van der Waals surface area contributed by atoms with Gasteiger partial charge < -0.3 is 14.8 Å². The molecule has 0 bridgehead atoms. The Labute approximate surface area is 150 Å². The molecule has 1 N–H and O–H groups in total. The molecular weight excluding hydrogens is 348 g/mol. The van der Waals surface area contributed by atoms with Crippen LogP contribution in [-0.2, 0) is 11.3 Å². The summed E-state index contributed by atoms with van der Waals surface area (Å²) in [6.07, 6.45) is 0. The van der Waals surface area contributed by atoms with Crippen LogP contribution in [0.15, 0.2) is 30.3 Å². The van der Waals surface area contributed by atoms with Crippen molar-refractivity contribution >= 4 is 34.5 Å². The van der Waals surface area contributed by atoms with Crippen LogP contribution in [0.1, 0.15) is 11.8 Å². The summed E-state index contributed by atoms with van der Waals surface area (Å²) in [5.41, 5.74) is 0.698. The number of anilines is 1. The molecule has 0 saturated carbocycles. The van der Waals surface area contributed by atoms with E-state index in [2.05, 4.69) is 5.32 Å². The molecule has 1 atom stereocenters. The van der Waals surface area contributed by atoms with Gasteiger partial charge >= 0.3 is 0 Å². The van der Waals surface area contributed by atoms with Crippen LogP contribution in [0.5, 0.6) is 11.5 Å². The minimum Gasteiger partial charge on any atom is -0.486 e. The van der Waals surface area contributed by atoms with Crippen LogP contribution < -0.4 is 14.8 Å². The number of nitrogens with zero attached hydrogens (tertiary/aromatic N) is 1. The molecule has 128 valence electrons. The Morgan fingerprint density at radius 1 is 1.29 bits per heavy atom. The molecule has 1 aliphatic rings. The molecule has 0 radical (unpaired) electrons. The van der Waals surface area contributed by atoms with Gasteiger partial charge in [0.2, 0.25) is 5.91 Å². The van der Waals surface area contributed by atoms with E-state index in [0.717, 1.165) is 9.21 Å². The fourth-order valence-electron chi connectivity index (χ4n) is 2.39. The number of ether oxygens (including phenoxy) is 2. The number of fused-ring (bicyclic) bond motifs is 1. The van der Waals surface area contributed by atoms with Gasteiger partial charge in [0.25, 0.3) is 0 Å². The van der Waals surface area contributed by atoms with Gasteiger partial charge in [0.05, 0.1) is 10.4 Å². The van der Waals surface area contributed by atoms with Crippen molar-refractivity contribution in [3.8, 4) is 11.5 Å². The monoisotopic (exact) mass is 366 g/mol. The molecule has 7 heteroatoms. The molecule has 1 aromatic heterocycles. The Bertz CT molecular complexity index is 734. The number of rotatable bonds is 5. The Kier molecular flexibility index (Phi) is 5.28. The second-order valence-electron chi connectivity index (χ2n) is 5.64. The van der Waals surface area contributed by atoms with E-state index < -0.39 is 0 Å². The molecule has 0 unspecified atom stereocenters. The molecule has 0 fully saturated rings. The van der Waals surface area contributed by atoms with E-state index >= 15 is 0 Å². The van der Waals surface area contributed by atoms with Crippen LogP contribution in [0.3, 0.4) is 0 Å². The first kappa shape index (κ1) is 17.1. The second kappa shape index (κ2) is 7.42. The van der Waals surface area contributed by atoms with Gasteiger partial charge in [-0.3, -0.25) is 9.69 Å². The van der Waals surface area contributed by atoms with E-state index in [9.17, 15) is 4.79 Å². The van der Waals surface area contributed by atoms with Crippen LogP contribution in [0.2, 0.25) is 4.34 Å². The van der Waals surface area contributed by atoms with E-state index in [-0.39, 0.29) is 11.9 Å². The van der Waals surface area contributed by atoms with E-state index in [1.165, 1.54) is 11.3 Å². The minimum atomic E-state index is -0.279. The van der Waals surface area contributed by atoms with Crippen LogP contribution >= 0.6 is 22.9 Å². The summed E-state index contributed by atoms with van der Waals surface area (Å²) in [6.45, 7) is 3.62. The van der Waals surface area contributed by atoms with Gasteiger partial charge in [0.1, 0.15) is 13.2 Å². The van der Waals surface area contributed by atoms with Gasteiger partial charge in [-0.05, 0) is 38.2 Å². The number of halogens is 1. The smallest absolute Gasteiger partial charge is 0.241 e. The molecule has 0 aliphatic carbocycles. The van der Waals surface area contributed by atoms with Crippen molar-refractivity contribution in [1.29, 1.82) is 0 Å². The molecule has 1 amide bonds. The van der Waals surface area contributed by atoms with Crippen molar-refractivity contribution in [1.82, 2.24) is 4.90 Å². The first-order valence-corrected chi connectivity index (χ1v) is 8.87. The van der Waals surface area contributed by atoms with E-state index in [1.54, 1.807) is 6.07 Å². The van der Waals surface area contributed by atoms with Crippen molar-refractivity contribution in [2.45, 2.75) is 19.5 Å². The number of benzene rings is 1. The van der Waals surface area contributed by atoms with Crippen LogP contribution in [0.25, 0.3) is 0 Å². The van der Waals surface area contributed by atoms with E-state index in [4.69, 9.17) is 21.1 Å². The fourth-order valence-corrected chi connectivity index (χ4v) is 3.54. The Morgan fingerprint density at radius 2 is 2.04 bits per heavy atom. The topological polar surface area (TPSA) is 50.8 Å². The highest BCUT2D eigenvalue weighted by Gasteiger charge is 2.20. The lowest BCUT2D eigenvalue weighted by atomic mass is 10.2.